The number of carbonyl (C=O) groups excluding carboxylic acids is 2. The number of aliphatic hydroxyl groups excluding tert-OH is 1. The van der Waals surface area contributed by atoms with Gasteiger partial charge in [0.25, 0.3) is 0 Å². The van der Waals surface area contributed by atoms with Crippen molar-refractivity contribution in [2.75, 3.05) is 18.6 Å². The van der Waals surface area contributed by atoms with Gasteiger partial charge in [0.05, 0.1) is 6.10 Å². The van der Waals surface area contributed by atoms with Crippen molar-refractivity contribution in [3.8, 4) is 0 Å². The highest BCUT2D eigenvalue weighted by molar-refractivity contribution is 7.98. The summed E-state index contributed by atoms with van der Waals surface area (Å²) in [6.07, 6.45) is 3.22. The molecule has 0 spiro atoms. The molecule has 5 N–H and O–H groups in total. The van der Waals surface area contributed by atoms with E-state index < -0.39 is 18.2 Å². The van der Waals surface area contributed by atoms with Crippen molar-refractivity contribution in [1.82, 2.24) is 10.6 Å². The highest BCUT2D eigenvalue weighted by atomic mass is 32.2. The molecule has 0 fully saturated rings. The van der Waals surface area contributed by atoms with Gasteiger partial charge in [0.1, 0.15) is 6.04 Å². The number of rotatable bonds is 9. The number of hydrogen-bond acceptors (Lipinski definition) is 4. The quantitative estimate of drug-likeness (QED) is 0.478. The molecule has 0 saturated heterocycles. The van der Waals surface area contributed by atoms with Crippen LogP contribution in [-0.4, -0.2) is 47.7 Å². The van der Waals surface area contributed by atoms with Crippen molar-refractivity contribution in [1.29, 1.82) is 0 Å². The van der Waals surface area contributed by atoms with Gasteiger partial charge in [-0.1, -0.05) is 6.92 Å². The highest BCUT2D eigenvalue weighted by Crippen LogP contribution is 2.01. The number of primary amides is 1. The molecule has 0 aliphatic rings. The Kier molecular flexibility index (Phi) is 9.49. The van der Waals surface area contributed by atoms with Crippen molar-refractivity contribution in [3.63, 3.8) is 0 Å². The molecule has 0 aliphatic carbocycles. The number of nitrogens with one attached hydrogen (secondary N) is 2. The number of hydrogen-bond donors (Lipinski definition) is 4. The minimum atomic E-state index is -0.704. The first-order valence-electron chi connectivity index (χ1n) is 6.01. The summed E-state index contributed by atoms with van der Waals surface area (Å²) in [4.78, 5) is 22.6. The van der Waals surface area contributed by atoms with Gasteiger partial charge in [-0.25, -0.2) is 4.79 Å². The lowest BCUT2D eigenvalue weighted by Crippen LogP contribution is -2.49. The number of thioether (sulfide) groups is 1. The fraction of sp³-hybridized carbons (Fsp3) is 0.818. The second-order valence-electron chi connectivity index (χ2n) is 3.98. The molecular weight excluding hydrogens is 254 g/mol. The van der Waals surface area contributed by atoms with Crippen LogP contribution < -0.4 is 16.4 Å². The van der Waals surface area contributed by atoms with Crippen LogP contribution in [0.5, 0.6) is 0 Å². The average Bonchev–Trinajstić information content (AvgIpc) is 2.33. The standard InChI is InChI=1S/C11H23N3O3S/c1-3-8(15)4-6-13-10(16)9(5-7-18-2)14-11(12)17/h8-9,15H,3-7H2,1-2H3,(H,13,16)(H3,12,14,17). The zero-order chi connectivity index (χ0) is 14.0. The third-order valence-electron chi connectivity index (χ3n) is 2.49. The second-order valence-corrected chi connectivity index (χ2v) is 4.97. The lowest BCUT2D eigenvalue weighted by atomic mass is 10.2. The predicted molar refractivity (Wildman–Crippen MR) is 73.4 cm³/mol. The van der Waals surface area contributed by atoms with Crippen LogP contribution in [0.15, 0.2) is 0 Å². The molecule has 2 unspecified atom stereocenters. The van der Waals surface area contributed by atoms with Crippen molar-refractivity contribution in [3.05, 3.63) is 0 Å². The third-order valence-corrected chi connectivity index (χ3v) is 3.14. The van der Waals surface area contributed by atoms with E-state index in [2.05, 4.69) is 10.6 Å². The number of amides is 3. The van der Waals surface area contributed by atoms with Gasteiger partial charge in [-0.3, -0.25) is 4.79 Å². The summed E-state index contributed by atoms with van der Waals surface area (Å²) in [5, 5.41) is 14.5. The summed E-state index contributed by atoms with van der Waals surface area (Å²) in [6.45, 7) is 2.27. The molecule has 0 aromatic rings. The van der Waals surface area contributed by atoms with Crippen LogP contribution in [0, 0.1) is 0 Å². The van der Waals surface area contributed by atoms with E-state index in [9.17, 15) is 14.7 Å². The van der Waals surface area contributed by atoms with Crippen LogP contribution in [-0.2, 0) is 4.79 Å². The number of aliphatic hydroxyl groups is 1. The summed E-state index contributed by atoms with van der Waals surface area (Å²) in [7, 11) is 0. The van der Waals surface area contributed by atoms with Crippen molar-refractivity contribution < 1.29 is 14.7 Å². The van der Waals surface area contributed by atoms with Gasteiger partial charge in [-0.15, -0.1) is 0 Å². The zero-order valence-electron chi connectivity index (χ0n) is 10.9. The van der Waals surface area contributed by atoms with E-state index in [0.29, 0.717) is 25.8 Å². The molecule has 0 saturated carbocycles. The van der Waals surface area contributed by atoms with E-state index in [1.807, 2.05) is 13.2 Å². The molecule has 0 aromatic heterocycles. The van der Waals surface area contributed by atoms with Gasteiger partial charge in [0, 0.05) is 6.54 Å². The zero-order valence-corrected chi connectivity index (χ0v) is 11.8. The lowest BCUT2D eigenvalue weighted by Gasteiger charge is -2.17. The average molecular weight is 277 g/mol. The van der Waals surface area contributed by atoms with E-state index in [1.54, 1.807) is 11.8 Å². The monoisotopic (exact) mass is 277 g/mol. The Morgan fingerprint density at radius 1 is 1.39 bits per heavy atom. The molecule has 18 heavy (non-hydrogen) atoms. The molecule has 3 amide bonds. The first kappa shape index (κ1) is 17.1. The van der Waals surface area contributed by atoms with Crippen molar-refractivity contribution in [2.24, 2.45) is 5.73 Å². The van der Waals surface area contributed by atoms with E-state index >= 15 is 0 Å². The van der Waals surface area contributed by atoms with Crippen LogP contribution in [0.25, 0.3) is 0 Å². The molecule has 0 aliphatic heterocycles. The number of urea groups is 1. The molecule has 0 rings (SSSR count). The smallest absolute Gasteiger partial charge is 0.312 e. The molecule has 0 bridgehead atoms. The molecule has 106 valence electrons. The number of carbonyl (C=O) groups is 2. The first-order chi connectivity index (χ1) is 8.51. The molecule has 0 heterocycles. The first-order valence-corrected chi connectivity index (χ1v) is 7.41. The van der Waals surface area contributed by atoms with Crippen LogP contribution in [0.3, 0.4) is 0 Å². The Morgan fingerprint density at radius 3 is 2.56 bits per heavy atom. The summed E-state index contributed by atoms with van der Waals surface area (Å²) >= 11 is 1.59. The van der Waals surface area contributed by atoms with Gasteiger partial charge >= 0.3 is 6.03 Å². The fourth-order valence-corrected chi connectivity index (χ4v) is 1.84. The van der Waals surface area contributed by atoms with E-state index in [-0.39, 0.29) is 5.91 Å². The molecular formula is C11H23N3O3S. The van der Waals surface area contributed by atoms with Gasteiger partial charge in [0.2, 0.25) is 5.91 Å². The molecule has 0 aromatic carbocycles. The maximum atomic E-state index is 11.8. The molecule has 0 radical (unpaired) electrons. The van der Waals surface area contributed by atoms with Crippen LogP contribution in [0.4, 0.5) is 4.79 Å². The summed E-state index contributed by atoms with van der Waals surface area (Å²) in [6, 6.07) is -1.31. The third kappa shape index (κ3) is 8.19. The topological polar surface area (TPSA) is 104 Å². The summed E-state index contributed by atoms with van der Waals surface area (Å²) in [5.74, 6) is 0.502. The molecule has 2 atom stereocenters. The normalized spacial score (nSPS) is 13.7. The van der Waals surface area contributed by atoms with E-state index in [1.165, 1.54) is 0 Å². The van der Waals surface area contributed by atoms with Gasteiger partial charge in [0.15, 0.2) is 0 Å². The molecule has 7 heteroatoms. The Balaban J connectivity index is 4.07. The van der Waals surface area contributed by atoms with Crippen LogP contribution in [0.1, 0.15) is 26.2 Å². The minimum Gasteiger partial charge on any atom is -0.393 e. The van der Waals surface area contributed by atoms with E-state index in [0.717, 1.165) is 5.75 Å². The fourth-order valence-electron chi connectivity index (χ4n) is 1.37. The Bertz CT molecular complexity index is 264. The van der Waals surface area contributed by atoms with E-state index in [4.69, 9.17) is 5.73 Å². The number of nitrogens with two attached hydrogens (primary N) is 1. The van der Waals surface area contributed by atoms with Crippen molar-refractivity contribution >= 4 is 23.7 Å². The lowest BCUT2D eigenvalue weighted by molar-refractivity contribution is -0.123. The predicted octanol–water partition coefficient (Wildman–Crippen LogP) is 0.0536. The Hall–Kier alpha value is -0.950. The Labute approximate surface area is 112 Å². The summed E-state index contributed by atoms with van der Waals surface area (Å²) in [5.41, 5.74) is 5.02. The maximum absolute atomic E-state index is 11.8. The van der Waals surface area contributed by atoms with Gasteiger partial charge in [-0.05, 0) is 31.3 Å². The second kappa shape index (κ2) is 10.0. The highest BCUT2D eigenvalue weighted by Gasteiger charge is 2.18. The SMILES string of the molecule is CCC(O)CCNC(=O)C(CCSC)NC(N)=O. The summed E-state index contributed by atoms with van der Waals surface area (Å²) < 4.78 is 0. The van der Waals surface area contributed by atoms with Crippen molar-refractivity contribution in [2.45, 2.75) is 38.3 Å². The molecule has 6 nitrogen and oxygen atoms in total. The Morgan fingerprint density at radius 2 is 2.06 bits per heavy atom. The van der Waals surface area contributed by atoms with Crippen LogP contribution >= 0.6 is 11.8 Å². The van der Waals surface area contributed by atoms with Crippen LogP contribution in [0.2, 0.25) is 0 Å². The maximum Gasteiger partial charge on any atom is 0.312 e. The largest absolute Gasteiger partial charge is 0.393 e. The minimum absolute atomic E-state index is 0.258. The van der Waals surface area contributed by atoms with Gasteiger partial charge in [-0.2, -0.15) is 11.8 Å². The van der Waals surface area contributed by atoms with Gasteiger partial charge < -0.3 is 21.5 Å².